The van der Waals surface area contributed by atoms with Crippen LogP contribution in [0.5, 0.6) is 5.75 Å². The number of likely N-dealkylation sites (N-methyl/N-ethyl adjacent to an activating group) is 1. The highest BCUT2D eigenvalue weighted by Gasteiger charge is 2.24. The summed E-state index contributed by atoms with van der Waals surface area (Å²) >= 11 is 0. The van der Waals surface area contributed by atoms with Crippen molar-refractivity contribution in [3.63, 3.8) is 0 Å². The molecule has 0 bridgehead atoms. The maximum absolute atomic E-state index is 12.1. The Labute approximate surface area is 143 Å². The summed E-state index contributed by atoms with van der Waals surface area (Å²) in [6.07, 6.45) is 8.38. The molecule has 1 aliphatic rings. The summed E-state index contributed by atoms with van der Waals surface area (Å²) in [7, 11) is 2.13. The Kier molecular flexibility index (Phi) is 5.86. The van der Waals surface area contributed by atoms with Gasteiger partial charge in [0.25, 0.3) is 0 Å². The van der Waals surface area contributed by atoms with Crippen LogP contribution >= 0.6 is 0 Å². The van der Waals surface area contributed by atoms with E-state index in [9.17, 15) is 4.39 Å². The highest BCUT2D eigenvalue weighted by atomic mass is 19.1. The van der Waals surface area contributed by atoms with E-state index in [4.69, 9.17) is 4.74 Å². The quantitative estimate of drug-likeness (QED) is 0.710. The molecule has 0 radical (unpaired) electrons. The summed E-state index contributed by atoms with van der Waals surface area (Å²) in [6, 6.07) is 6.73. The lowest BCUT2D eigenvalue weighted by Crippen LogP contribution is -2.48. The van der Waals surface area contributed by atoms with Gasteiger partial charge in [-0.25, -0.2) is 0 Å². The van der Waals surface area contributed by atoms with Crippen molar-refractivity contribution < 1.29 is 9.13 Å². The van der Waals surface area contributed by atoms with Crippen LogP contribution in [0.3, 0.4) is 0 Å². The fourth-order valence-electron chi connectivity index (χ4n) is 2.96. The molecule has 1 atom stereocenters. The van der Waals surface area contributed by atoms with Gasteiger partial charge in [-0.2, -0.15) is 0 Å². The number of hydrogen-bond donors (Lipinski definition) is 1. The first-order valence-corrected chi connectivity index (χ1v) is 8.78. The number of aromatic amines is 1. The van der Waals surface area contributed by atoms with Crippen molar-refractivity contribution >= 4 is 0 Å². The summed E-state index contributed by atoms with van der Waals surface area (Å²) < 4.78 is 18.0. The minimum absolute atomic E-state index is 0.217. The molecule has 0 saturated carbocycles. The first kappa shape index (κ1) is 17.0. The molecular formula is C19H26FN3O. The Hall–Kier alpha value is -1.88. The molecule has 3 rings (SSSR count). The van der Waals surface area contributed by atoms with Crippen LogP contribution in [-0.2, 0) is 6.42 Å². The molecule has 0 aromatic carbocycles. The third-order valence-electron chi connectivity index (χ3n) is 4.73. The third kappa shape index (κ3) is 4.35. The lowest BCUT2D eigenvalue weighted by Gasteiger charge is -2.37. The first-order valence-electron chi connectivity index (χ1n) is 8.78. The van der Waals surface area contributed by atoms with Crippen LogP contribution in [0.1, 0.15) is 31.4 Å². The molecule has 0 unspecified atom stereocenters. The van der Waals surface area contributed by atoms with Crippen LogP contribution in [0.25, 0.3) is 11.3 Å². The van der Waals surface area contributed by atoms with Gasteiger partial charge in [0, 0.05) is 29.2 Å². The number of aromatic nitrogens is 2. The van der Waals surface area contributed by atoms with Crippen LogP contribution in [0, 0.1) is 0 Å². The molecule has 4 nitrogen and oxygen atoms in total. The van der Waals surface area contributed by atoms with Gasteiger partial charge in [-0.05, 0) is 57.5 Å². The second-order valence-corrected chi connectivity index (χ2v) is 6.54. The lowest BCUT2D eigenvalue weighted by molar-refractivity contribution is 0.0768. The SMILES string of the molecule is CN1CC[C@H]1COc1cncc(-c2ccc(CCCCCF)[nH]2)c1. The zero-order chi connectivity index (χ0) is 16.8. The molecule has 5 heteroatoms. The number of alkyl halides is 1. The van der Waals surface area contributed by atoms with Crippen molar-refractivity contribution in [2.45, 2.75) is 38.1 Å². The van der Waals surface area contributed by atoms with Gasteiger partial charge in [0.05, 0.1) is 12.9 Å². The van der Waals surface area contributed by atoms with Crippen LogP contribution < -0.4 is 4.74 Å². The number of aryl methyl sites for hydroxylation is 1. The van der Waals surface area contributed by atoms with E-state index in [2.05, 4.69) is 34.0 Å². The molecule has 0 amide bonds. The molecule has 2 aromatic heterocycles. The Balaban J connectivity index is 1.56. The van der Waals surface area contributed by atoms with Crippen molar-refractivity contribution in [2.24, 2.45) is 0 Å². The molecule has 1 saturated heterocycles. The van der Waals surface area contributed by atoms with Crippen LogP contribution in [0.15, 0.2) is 30.6 Å². The predicted octanol–water partition coefficient (Wildman–Crippen LogP) is 3.84. The number of nitrogens with zero attached hydrogens (tertiary/aromatic N) is 2. The molecule has 24 heavy (non-hydrogen) atoms. The second-order valence-electron chi connectivity index (χ2n) is 6.54. The van der Waals surface area contributed by atoms with Gasteiger partial charge >= 0.3 is 0 Å². The standard InChI is InChI=1S/C19H26FN3O/c1-23-10-8-17(23)14-24-18-11-15(12-21-13-18)19-7-6-16(22-19)5-3-2-4-9-20/h6-7,11-13,17,22H,2-5,8-10,14H2,1H3/t17-/m0/s1. The Bertz CT molecular complexity index is 643. The number of rotatable bonds is 9. The molecule has 2 aromatic rings. The number of halogens is 1. The maximum Gasteiger partial charge on any atom is 0.138 e. The Morgan fingerprint density at radius 3 is 2.96 bits per heavy atom. The van der Waals surface area contributed by atoms with Crippen LogP contribution in [0.4, 0.5) is 4.39 Å². The topological polar surface area (TPSA) is 41.1 Å². The Morgan fingerprint density at radius 2 is 2.21 bits per heavy atom. The second kappa shape index (κ2) is 8.29. The summed E-state index contributed by atoms with van der Waals surface area (Å²) in [4.78, 5) is 10.0. The van der Waals surface area contributed by atoms with Gasteiger partial charge < -0.3 is 9.72 Å². The van der Waals surface area contributed by atoms with Crippen molar-refractivity contribution in [2.75, 3.05) is 26.9 Å². The highest BCUT2D eigenvalue weighted by Crippen LogP contribution is 2.24. The minimum Gasteiger partial charge on any atom is -0.490 e. The van der Waals surface area contributed by atoms with Gasteiger partial charge in [-0.1, -0.05) is 6.42 Å². The monoisotopic (exact) mass is 331 g/mol. The van der Waals surface area contributed by atoms with E-state index in [0.29, 0.717) is 19.1 Å². The minimum atomic E-state index is -0.217. The van der Waals surface area contributed by atoms with E-state index in [0.717, 1.165) is 42.8 Å². The van der Waals surface area contributed by atoms with E-state index >= 15 is 0 Å². The van der Waals surface area contributed by atoms with Crippen molar-refractivity contribution in [1.82, 2.24) is 14.9 Å². The highest BCUT2D eigenvalue weighted by molar-refractivity contribution is 5.60. The normalized spacial score (nSPS) is 17.7. The maximum atomic E-state index is 12.1. The van der Waals surface area contributed by atoms with Gasteiger partial charge in [-0.3, -0.25) is 14.3 Å². The van der Waals surface area contributed by atoms with E-state index in [-0.39, 0.29) is 6.67 Å². The molecule has 1 aliphatic heterocycles. The van der Waals surface area contributed by atoms with Crippen LogP contribution in [-0.4, -0.2) is 47.8 Å². The van der Waals surface area contributed by atoms with Gasteiger partial charge in [-0.15, -0.1) is 0 Å². The zero-order valence-electron chi connectivity index (χ0n) is 14.3. The molecule has 1 fully saturated rings. The number of nitrogens with one attached hydrogen (secondary N) is 1. The van der Waals surface area contributed by atoms with Crippen molar-refractivity contribution in [1.29, 1.82) is 0 Å². The average Bonchev–Trinajstić information content (AvgIpc) is 3.07. The number of H-pyrrole nitrogens is 1. The fraction of sp³-hybridized carbons (Fsp3) is 0.526. The Morgan fingerprint density at radius 1 is 1.29 bits per heavy atom. The van der Waals surface area contributed by atoms with E-state index in [1.54, 1.807) is 6.20 Å². The number of hydrogen-bond acceptors (Lipinski definition) is 3. The van der Waals surface area contributed by atoms with E-state index < -0.39 is 0 Å². The molecule has 1 N–H and O–H groups in total. The summed E-state index contributed by atoms with van der Waals surface area (Å²) in [5, 5.41) is 0. The summed E-state index contributed by atoms with van der Waals surface area (Å²) in [5.74, 6) is 0.812. The zero-order valence-corrected chi connectivity index (χ0v) is 14.3. The lowest BCUT2D eigenvalue weighted by atomic mass is 10.1. The van der Waals surface area contributed by atoms with Gasteiger partial charge in [0.15, 0.2) is 0 Å². The number of ether oxygens (including phenoxy) is 1. The largest absolute Gasteiger partial charge is 0.490 e. The average molecular weight is 331 g/mol. The fourth-order valence-corrected chi connectivity index (χ4v) is 2.96. The smallest absolute Gasteiger partial charge is 0.138 e. The number of unbranched alkanes of at least 4 members (excludes halogenated alkanes) is 2. The summed E-state index contributed by atoms with van der Waals surface area (Å²) in [5.41, 5.74) is 3.27. The molecular weight excluding hydrogens is 305 g/mol. The first-order chi connectivity index (χ1) is 11.8. The predicted molar refractivity (Wildman–Crippen MR) is 94.1 cm³/mol. The molecule has 0 spiro atoms. The van der Waals surface area contributed by atoms with E-state index in [1.807, 2.05) is 12.3 Å². The number of pyridine rings is 1. The van der Waals surface area contributed by atoms with E-state index in [1.165, 1.54) is 12.1 Å². The van der Waals surface area contributed by atoms with Crippen molar-refractivity contribution in [3.8, 4) is 17.0 Å². The third-order valence-corrected chi connectivity index (χ3v) is 4.73. The summed E-state index contributed by atoms with van der Waals surface area (Å²) in [6.45, 7) is 1.65. The van der Waals surface area contributed by atoms with Gasteiger partial charge in [0.2, 0.25) is 0 Å². The van der Waals surface area contributed by atoms with Crippen LogP contribution in [0.2, 0.25) is 0 Å². The number of likely N-dealkylation sites (tertiary alicyclic amines) is 1. The molecule has 0 aliphatic carbocycles. The molecule has 130 valence electrons. The van der Waals surface area contributed by atoms with Gasteiger partial charge in [0.1, 0.15) is 12.4 Å². The molecule has 3 heterocycles. The van der Waals surface area contributed by atoms with Crippen molar-refractivity contribution in [3.05, 3.63) is 36.3 Å².